The molecule has 1 N–H and O–H groups in total. The van der Waals surface area contributed by atoms with Crippen molar-refractivity contribution in [2.75, 3.05) is 13.7 Å². The molecule has 0 atom stereocenters. The minimum absolute atomic E-state index is 0.157. The van der Waals surface area contributed by atoms with E-state index in [1.807, 2.05) is 55.5 Å². The van der Waals surface area contributed by atoms with Crippen LogP contribution in [0.4, 0.5) is 0 Å². The van der Waals surface area contributed by atoms with Gasteiger partial charge in [0.1, 0.15) is 5.75 Å². The van der Waals surface area contributed by atoms with Crippen molar-refractivity contribution in [2.45, 2.75) is 6.92 Å². The number of benzene rings is 3. The summed E-state index contributed by atoms with van der Waals surface area (Å²) in [5.41, 5.74) is 4.98. The van der Waals surface area contributed by atoms with Gasteiger partial charge in [-0.3, -0.25) is 4.79 Å². The van der Waals surface area contributed by atoms with Gasteiger partial charge in [0.2, 0.25) is 0 Å². The SMILES string of the molecule is COc1cc(C=NNC(=O)COc2cccc(C)c2)ccc1OC(=O)C=Cc1ccccc1. The highest BCUT2D eigenvalue weighted by molar-refractivity contribution is 5.89. The van der Waals surface area contributed by atoms with Crippen molar-refractivity contribution in [3.63, 3.8) is 0 Å². The summed E-state index contributed by atoms with van der Waals surface area (Å²) in [5.74, 6) is 0.319. The molecule has 168 valence electrons. The lowest BCUT2D eigenvalue weighted by Gasteiger charge is -2.08. The Morgan fingerprint density at radius 1 is 0.939 bits per heavy atom. The van der Waals surface area contributed by atoms with Crippen LogP contribution in [0.25, 0.3) is 6.08 Å². The maximum Gasteiger partial charge on any atom is 0.336 e. The molecule has 0 saturated carbocycles. The molecule has 0 unspecified atom stereocenters. The van der Waals surface area contributed by atoms with Gasteiger partial charge in [-0.15, -0.1) is 0 Å². The van der Waals surface area contributed by atoms with Crippen LogP contribution in [0, 0.1) is 6.92 Å². The molecular weight excluding hydrogens is 420 g/mol. The maximum absolute atomic E-state index is 12.1. The van der Waals surface area contributed by atoms with Crippen LogP contribution in [0.15, 0.2) is 84.0 Å². The van der Waals surface area contributed by atoms with Gasteiger partial charge in [-0.2, -0.15) is 5.10 Å². The number of hydrazone groups is 1. The zero-order valence-electron chi connectivity index (χ0n) is 18.4. The lowest BCUT2D eigenvalue weighted by molar-refractivity contribution is -0.129. The lowest BCUT2D eigenvalue weighted by atomic mass is 10.2. The van der Waals surface area contributed by atoms with Gasteiger partial charge in [-0.05, 0) is 60.0 Å². The molecule has 0 aromatic heterocycles. The van der Waals surface area contributed by atoms with E-state index < -0.39 is 11.9 Å². The maximum atomic E-state index is 12.1. The molecule has 0 aliphatic heterocycles. The van der Waals surface area contributed by atoms with E-state index in [1.165, 1.54) is 19.4 Å². The fourth-order valence-electron chi connectivity index (χ4n) is 2.78. The van der Waals surface area contributed by atoms with E-state index >= 15 is 0 Å². The molecular formula is C26H24N2O5. The monoisotopic (exact) mass is 444 g/mol. The number of carbonyl (C=O) groups is 2. The highest BCUT2D eigenvalue weighted by atomic mass is 16.6. The van der Waals surface area contributed by atoms with Gasteiger partial charge in [0.25, 0.3) is 5.91 Å². The molecule has 0 aliphatic rings. The molecule has 3 aromatic rings. The summed E-state index contributed by atoms with van der Waals surface area (Å²) in [6, 6.07) is 21.8. The number of esters is 1. The Balaban J connectivity index is 1.53. The highest BCUT2D eigenvalue weighted by Gasteiger charge is 2.09. The van der Waals surface area contributed by atoms with Crippen LogP contribution in [0.5, 0.6) is 17.2 Å². The van der Waals surface area contributed by atoms with E-state index in [9.17, 15) is 9.59 Å². The first-order valence-electron chi connectivity index (χ1n) is 10.2. The largest absolute Gasteiger partial charge is 0.493 e. The van der Waals surface area contributed by atoms with Crippen LogP contribution in [0.1, 0.15) is 16.7 Å². The van der Waals surface area contributed by atoms with E-state index in [0.717, 1.165) is 11.1 Å². The van der Waals surface area contributed by atoms with Crippen LogP contribution in [0.2, 0.25) is 0 Å². The second kappa shape index (κ2) is 11.9. The first-order chi connectivity index (χ1) is 16.0. The summed E-state index contributed by atoms with van der Waals surface area (Å²) in [6.45, 7) is 1.79. The Bertz CT molecular complexity index is 1160. The quantitative estimate of drug-likeness (QED) is 0.176. The number of ether oxygens (including phenoxy) is 3. The minimum atomic E-state index is -0.528. The summed E-state index contributed by atoms with van der Waals surface area (Å²) in [7, 11) is 1.47. The Kier molecular flexibility index (Phi) is 8.36. The molecule has 3 aromatic carbocycles. The lowest BCUT2D eigenvalue weighted by Crippen LogP contribution is -2.24. The van der Waals surface area contributed by atoms with Crippen molar-refractivity contribution in [2.24, 2.45) is 5.10 Å². The zero-order valence-corrected chi connectivity index (χ0v) is 18.4. The molecule has 0 spiro atoms. The number of aryl methyl sites for hydroxylation is 1. The van der Waals surface area contributed by atoms with Crippen molar-refractivity contribution in [3.8, 4) is 17.2 Å². The van der Waals surface area contributed by atoms with Gasteiger partial charge in [-0.25, -0.2) is 10.2 Å². The topological polar surface area (TPSA) is 86.2 Å². The normalized spacial score (nSPS) is 10.8. The van der Waals surface area contributed by atoms with E-state index in [0.29, 0.717) is 17.1 Å². The smallest absolute Gasteiger partial charge is 0.336 e. The number of nitrogens with one attached hydrogen (secondary N) is 1. The van der Waals surface area contributed by atoms with Crippen LogP contribution in [0.3, 0.4) is 0 Å². The van der Waals surface area contributed by atoms with E-state index in [4.69, 9.17) is 14.2 Å². The third-order valence-electron chi connectivity index (χ3n) is 4.37. The molecule has 0 fully saturated rings. The van der Waals surface area contributed by atoms with Crippen LogP contribution in [-0.2, 0) is 9.59 Å². The Hall–Kier alpha value is -4.39. The number of hydrogen-bond acceptors (Lipinski definition) is 6. The summed E-state index contributed by atoms with van der Waals surface area (Å²) >= 11 is 0. The summed E-state index contributed by atoms with van der Waals surface area (Å²) in [6.07, 6.45) is 4.47. The predicted octanol–water partition coefficient (Wildman–Crippen LogP) is 4.15. The number of methoxy groups -OCH3 is 1. The first-order valence-corrected chi connectivity index (χ1v) is 10.2. The highest BCUT2D eigenvalue weighted by Crippen LogP contribution is 2.27. The molecule has 7 heteroatoms. The summed E-state index contributed by atoms with van der Waals surface area (Å²) < 4.78 is 16.1. The first kappa shape index (κ1) is 23.3. The number of rotatable bonds is 9. The summed E-state index contributed by atoms with van der Waals surface area (Å²) in [5, 5.41) is 3.92. The number of amides is 1. The molecule has 0 radical (unpaired) electrons. The molecule has 0 heterocycles. The van der Waals surface area contributed by atoms with Crippen molar-refractivity contribution in [3.05, 3.63) is 95.6 Å². The van der Waals surface area contributed by atoms with Gasteiger partial charge >= 0.3 is 5.97 Å². The minimum Gasteiger partial charge on any atom is -0.493 e. The second-order valence-corrected chi connectivity index (χ2v) is 6.97. The van der Waals surface area contributed by atoms with E-state index in [2.05, 4.69) is 10.5 Å². The molecule has 3 rings (SSSR count). The van der Waals surface area contributed by atoms with Crippen molar-refractivity contribution in [1.82, 2.24) is 5.43 Å². The third kappa shape index (κ3) is 7.66. The Morgan fingerprint density at radius 2 is 1.76 bits per heavy atom. The number of hydrogen-bond donors (Lipinski definition) is 1. The van der Waals surface area contributed by atoms with Gasteiger partial charge < -0.3 is 14.2 Å². The third-order valence-corrected chi connectivity index (χ3v) is 4.37. The molecule has 0 saturated heterocycles. The fourth-order valence-corrected chi connectivity index (χ4v) is 2.78. The average molecular weight is 444 g/mol. The number of nitrogens with zero attached hydrogens (tertiary/aromatic N) is 1. The summed E-state index contributed by atoms with van der Waals surface area (Å²) in [4.78, 5) is 24.0. The Labute approximate surface area is 192 Å². The second-order valence-electron chi connectivity index (χ2n) is 6.97. The van der Waals surface area contributed by atoms with Crippen molar-refractivity contribution in [1.29, 1.82) is 0 Å². The predicted molar refractivity (Wildman–Crippen MR) is 127 cm³/mol. The van der Waals surface area contributed by atoms with Gasteiger partial charge in [0.05, 0.1) is 13.3 Å². The van der Waals surface area contributed by atoms with Gasteiger partial charge in [0, 0.05) is 6.08 Å². The molecule has 0 aliphatic carbocycles. The molecule has 33 heavy (non-hydrogen) atoms. The van der Waals surface area contributed by atoms with E-state index in [1.54, 1.807) is 30.3 Å². The molecule has 0 bridgehead atoms. The van der Waals surface area contributed by atoms with Crippen molar-refractivity contribution < 1.29 is 23.8 Å². The van der Waals surface area contributed by atoms with Gasteiger partial charge in [-0.1, -0.05) is 42.5 Å². The van der Waals surface area contributed by atoms with Crippen molar-refractivity contribution >= 4 is 24.2 Å². The van der Waals surface area contributed by atoms with Crippen LogP contribution < -0.4 is 19.6 Å². The number of carbonyl (C=O) groups excluding carboxylic acids is 2. The van der Waals surface area contributed by atoms with Gasteiger partial charge in [0.15, 0.2) is 18.1 Å². The molecule has 1 amide bonds. The zero-order chi connectivity index (χ0) is 23.5. The Morgan fingerprint density at radius 3 is 2.52 bits per heavy atom. The average Bonchev–Trinajstić information content (AvgIpc) is 2.83. The standard InChI is InChI=1S/C26H24N2O5/c1-19-7-6-10-22(15-19)32-18-25(29)28-27-17-21-11-13-23(24(16-21)31-2)33-26(30)14-12-20-8-4-3-5-9-20/h3-17H,18H2,1-2H3,(H,28,29). The fraction of sp³-hybridized carbons (Fsp3) is 0.115. The molecule has 7 nitrogen and oxygen atoms in total. The van der Waals surface area contributed by atoms with Crippen LogP contribution in [-0.4, -0.2) is 31.8 Å². The van der Waals surface area contributed by atoms with Crippen LogP contribution >= 0.6 is 0 Å². The van der Waals surface area contributed by atoms with E-state index in [-0.39, 0.29) is 12.4 Å².